The van der Waals surface area contributed by atoms with Gasteiger partial charge < -0.3 is 10.2 Å². The maximum atomic E-state index is 12.5. The minimum Gasteiger partial charge on any atom is -0.352 e. The van der Waals surface area contributed by atoms with Gasteiger partial charge in [0.2, 0.25) is 11.8 Å². The summed E-state index contributed by atoms with van der Waals surface area (Å²) in [5.74, 6) is 0.768. The predicted molar refractivity (Wildman–Crippen MR) is 109 cm³/mol. The van der Waals surface area contributed by atoms with E-state index >= 15 is 0 Å². The molecular weight excluding hydrogens is 350 g/mol. The summed E-state index contributed by atoms with van der Waals surface area (Å²) in [6, 6.07) is 8.66. The fourth-order valence-corrected chi connectivity index (χ4v) is 4.42. The fourth-order valence-electron chi connectivity index (χ4n) is 4.42. The molecule has 3 fully saturated rings. The number of nitrogens with zero attached hydrogens (tertiary/aromatic N) is 2. The van der Waals surface area contributed by atoms with E-state index in [1.807, 2.05) is 4.90 Å². The van der Waals surface area contributed by atoms with Gasteiger partial charge in [0.1, 0.15) is 0 Å². The molecule has 0 radical (unpaired) electrons. The summed E-state index contributed by atoms with van der Waals surface area (Å²) >= 11 is 0. The van der Waals surface area contributed by atoms with E-state index in [1.54, 1.807) is 0 Å². The molecule has 0 atom stereocenters. The topological polar surface area (TPSA) is 52.7 Å². The third-order valence-electron chi connectivity index (χ3n) is 6.45. The number of hydrogen-bond donors (Lipinski definition) is 1. The summed E-state index contributed by atoms with van der Waals surface area (Å²) in [7, 11) is 0. The Morgan fingerprint density at radius 3 is 2.11 bits per heavy atom. The SMILES string of the molecule is O=C(NCc1ccc(CN2CCCCC2)cc1)C1CCN(C(=O)C2CC2)CC1. The van der Waals surface area contributed by atoms with Crippen molar-refractivity contribution < 1.29 is 9.59 Å². The van der Waals surface area contributed by atoms with Crippen molar-refractivity contribution in [3.8, 4) is 0 Å². The summed E-state index contributed by atoms with van der Waals surface area (Å²) in [5, 5.41) is 3.10. The van der Waals surface area contributed by atoms with Gasteiger partial charge in [-0.05, 0) is 62.7 Å². The highest BCUT2D eigenvalue weighted by atomic mass is 16.2. The summed E-state index contributed by atoms with van der Waals surface area (Å²) in [6.45, 7) is 5.51. The second kappa shape index (κ2) is 9.08. The van der Waals surface area contributed by atoms with Gasteiger partial charge in [0, 0.05) is 38.0 Å². The molecule has 1 aromatic rings. The second-order valence-electron chi connectivity index (χ2n) is 8.74. The molecule has 1 aromatic carbocycles. The van der Waals surface area contributed by atoms with Crippen LogP contribution in [0.25, 0.3) is 0 Å². The Morgan fingerprint density at radius 2 is 1.46 bits per heavy atom. The van der Waals surface area contributed by atoms with E-state index in [4.69, 9.17) is 0 Å². The van der Waals surface area contributed by atoms with E-state index in [9.17, 15) is 9.59 Å². The largest absolute Gasteiger partial charge is 0.352 e. The first-order chi connectivity index (χ1) is 13.7. The Bertz CT molecular complexity index is 670. The highest BCUT2D eigenvalue weighted by Crippen LogP contribution is 2.32. The van der Waals surface area contributed by atoms with Crippen molar-refractivity contribution in [1.82, 2.24) is 15.1 Å². The van der Waals surface area contributed by atoms with E-state index in [1.165, 1.54) is 37.9 Å². The third-order valence-corrected chi connectivity index (χ3v) is 6.45. The van der Waals surface area contributed by atoms with Gasteiger partial charge >= 0.3 is 0 Å². The van der Waals surface area contributed by atoms with Gasteiger partial charge in [0.15, 0.2) is 0 Å². The van der Waals surface area contributed by atoms with Crippen LogP contribution in [-0.4, -0.2) is 47.8 Å². The van der Waals surface area contributed by atoms with Crippen LogP contribution in [0.4, 0.5) is 0 Å². The lowest BCUT2D eigenvalue weighted by Crippen LogP contribution is -2.43. The first kappa shape index (κ1) is 19.4. The van der Waals surface area contributed by atoms with Gasteiger partial charge in [-0.2, -0.15) is 0 Å². The molecular formula is C23H33N3O2. The number of carbonyl (C=O) groups excluding carboxylic acids is 2. The molecule has 2 heterocycles. The molecule has 0 bridgehead atoms. The smallest absolute Gasteiger partial charge is 0.225 e. The molecule has 2 saturated heterocycles. The fraction of sp³-hybridized carbons (Fsp3) is 0.652. The first-order valence-corrected chi connectivity index (χ1v) is 11.1. The van der Waals surface area contributed by atoms with E-state index in [2.05, 4.69) is 34.5 Å². The van der Waals surface area contributed by atoms with Crippen LogP contribution in [0.3, 0.4) is 0 Å². The second-order valence-corrected chi connectivity index (χ2v) is 8.74. The van der Waals surface area contributed by atoms with E-state index in [0.29, 0.717) is 12.5 Å². The minimum atomic E-state index is 0.0432. The zero-order valence-electron chi connectivity index (χ0n) is 16.9. The summed E-state index contributed by atoms with van der Waals surface area (Å²) < 4.78 is 0. The molecule has 4 rings (SSSR count). The van der Waals surface area contributed by atoms with Crippen molar-refractivity contribution in [2.45, 2.75) is 58.0 Å². The van der Waals surface area contributed by atoms with E-state index < -0.39 is 0 Å². The van der Waals surface area contributed by atoms with Crippen LogP contribution in [0.2, 0.25) is 0 Å². The Kier molecular flexibility index (Phi) is 6.30. The molecule has 1 saturated carbocycles. The number of nitrogens with one attached hydrogen (secondary N) is 1. The number of rotatable bonds is 6. The maximum Gasteiger partial charge on any atom is 0.225 e. The van der Waals surface area contributed by atoms with Crippen LogP contribution in [0.5, 0.6) is 0 Å². The number of benzene rings is 1. The number of likely N-dealkylation sites (tertiary alicyclic amines) is 2. The molecule has 0 spiro atoms. The Hall–Kier alpha value is -1.88. The van der Waals surface area contributed by atoms with Gasteiger partial charge in [-0.1, -0.05) is 30.7 Å². The van der Waals surface area contributed by atoms with Gasteiger partial charge in [-0.15, -0.1) is 0 Å². The molecule has 2 amide bonds. The maximum absolute atomic E-state index is 12.5. The van der Waals surface area contributed by atoms with Crippen molar-refractivity contribution in [1.29, 1.82) is 0 Å². The van der Waals surface area contributed by atoms with E-state index in [-0.39, 0.29) is 17.7 Å². The zero-order chi connectivity index (χ0) is 19.3. The Morgan fingerprint density at radius 1 is 0.821 bits per heavy atom. The summed E-state index contributed by atoms with van der Waals surface area (Å²) in [4.78, 5) is 29.1. The van der Waals surface area contributed by atoms with Crippen molar-refractivity contribution in [2.24, 2.45) is 11.8 Å². The molecule has 3 aliphatic rings. The lowest BCUT2D eigenvalue weighted by atomic mass is 9.95. The van der Waals surface area contributed by atoms with E-state index in [0.717, 1.165) is 50.9 Å². The quantitative estimate of drug-likeness (QED) is 0.822. The number of carbonyl (C=O) groups is 2. The van der Waals surface area contributed by atoms with Crippen molar-refractivity contribution in [3.63, 3.8) is 0 Å². The highest BCUT2D eigenvalue weighted by molar-refractivity contribution is 5.82. The molecule has 0 aromatic heterocycles. The standard InChI is InChI=1S/C23H33N3O2/c27-22(20-10-14-26(15-11-20)23(28)21-8-9-21)24-16-18-4-6-19(7-5-18)17-25-12-2-1-3-13-25/h4-7,20-21H,1-3,8-17H2,(H,24,27). The molecule has 2 aliphatic heterocycles. The molecule has 152 valence electrons. The molecule has 1 aliphatic carbocycles. The van der Waals surface area contributed by atoms with Crippen molar-refractivity contribution >= 4 is 11.8 Å². The molecule has 28 heavy (non-hydrogen) atoms. The Labute approximate surface area is 168 Å². The highest BCUT2D eigenvalue weighted by Gasteiger charge is 2.35. The van der Waals surface area contributed by atoms with Gasteiger partial charge in [0.25, 0.3) is 0 Å². The van der Waals surface area contributed by atoms with Crippen molar-refractivity contribution in [3.05, 3.63) is 35.4 Å². The average molecular weight is 384 g/mol. The van der Waals surface area contributed by atoms with Gasteiger partial charge in [0.05, 0.1) is 0 Å². The van der Waals surface area contributed by atoms with Crippen molar-refractivity contribution in [2.75, 3.05) is 26.2 Å². The minimum absolute atomic E-state index is 0.0432. The van der Waals surface area contributed by atoms with Gasteiger partial charge in [-0.25, -0.2) is 0 Å². The Balaban J connectivity index is 1.18. The molecule has 0 unspecified atom stereocenters. The molecule has 1 N–H and O–H groups in total. The lowest BCUT2D eigenvalue weighted by Gasteiger charge is -2.31. The van der Waals surface area contributed by atoms with Crippen LogP contribution in [0.15, 0.2) is 24.3 Å². The first-order valence-electron chi connectivity index (χ1n) is 11.1. The molecule has 5 heteroatoms. The van der Waals surface area contributed by atoms with Gasteiger partial charge in [-0.3, -0.25) is 14.5 Å². The van der Waals surface area contributed by atoms with Crippen LogP contribution in [0.1, 0.15) is 56.1 Å². The molecule has 5 nitrogen and oxygen atoms in total. The average Bonchev–Trinajstić information content (AvgIpc) is 3.59. The zero-order valence-corrected chi connectivity index (χ0v) is 16.9. The third kappa shape index (κ3) is 5.13. The number of hydrogen-bond acceptors (Lipinski definition) is 3. The lowest BCUT2D eigenvalue weighted by molar-refractivity contribution is -0.136. The van der Waals surface area contributed by atoms with Crippen LogP contribution < -0.4 is 5.32 Å². The monoisotopic (exact) mass is 383 g/mol. The number of piperidine rings is 2. The van der Waals surface area contributed by atoms with Crippen LogP contribution in [-0.2, 0) is 22.7 Å². The van der Waals surface area contributed by atoms with Crippen LogP contribution >= 0.6 is 0 Å². The number of amides is 2. The normalized spacial score (nSPS) is 21.5. The summed E-state index contributed by atoms with van der Waals surface area (Å²) in [6.07, 6.45) is 7.69. The predicted octanol–water partition coefficient (Wildman–Crippen LogP) is 2.94. The van der Waals surface area contributed by atoms with Crippen LogP contribution in [0, 0.1) is 11.8 Å². The summed E-state index contributed by atoms with van der Waals surface area (Å²) in [5.41, 5.74) is 2.50.